The van der Waals surface area contributed by atoms with Crippen molar-refractivity contribution in [2.24, 2.45) is 0 Å². The lowest BCUT2D eigenvalue weighted by Gasteiger charge is -2.14. The number of hydrogen-bond acceptors (Lipinski definition) is 0. The molecule has 0 saturated heterocycles. The van der Waals surface area contributed by atoms with Crippen LogP contribution in [-0.4, -0.2) is 9.13 Å². The maximum absolute atomic E-state index is 2.43. The monoisotopic (exact) mass is 1090 g/mol. The summed E-state index contributed by atoms with van der Waals surface area (Å²) in [6.45, 7) is 0. The summed E-state index contributed by atoms with van der Waals surface area (Å²) in [5.41, 5.74) is 28.7. The number of aromatic nitrogens is 2. The first-order valence-electron chi connectivity index (χ1n) is 29.6. The minimum Gasteiger partial charge on any atom is -0.309 e. The second-order valence-electron chi connectivity index (χ2n) is 22.4. The Morgan fingerprint density at radius 2 is 0.442 bits per heavy atom. The Hall–Kier alpha value is -11.3. The van der Waals surface area contributed by atoms with Crippen LogP contribution in [0.15, 0.2) is 340 Å². The Morgan fingerprint density at radius 3 is 0.930 bits per heavy atom. The van der Waals surface area contributed by atoms with E-state index in [4.69, 9.17) is 0 Å². The maximum Gasteiger partial charge on any atom is 0.0541 e. The molecule has 2 aromatic heterocycles. The average molecular weight is 1090 g/mol. The van der Waals surface area contributed by atoms with Crippen molar-refractivity contribution in [2.45, 2.75) is 0 Å². The summed E-state index contributed by atoms with van der Waals surface area (Å²) in [5.74, 6) is 0. The zero-order chi connectivity index (χ0) is 56.9. The van der Waals surface area contributed by atoms with Gasteiger partial charge in [0.25, 0.3) is 0 Å². The van der Waals surface area contributed by atoms with Gasteiger partial charge in [-0.3, -0.25) is 0 Å². The number of fused-ring (bicyclic) bond motifs is 6. The molecule has 86 heavy (non-hydrogen) atoms. The maximum atomic E-state index is 2.43. The van der Waals surface area contributed by atoms with E-state index in [-0.39, 0.29) is 0 Å². The van der Waals surface area contributed by atoms with Gasteiger partial charge in [0.2, 0.25) is 0 Å². The summed E-state index contributed by atoms with van der Waals surface area (Å²) in [4.78, 5) is 0. The Balaban J connectivity index is 0.630. The highest BCUT2D eigenvalue weighted by Crippen LogP contribution is 2.42. The van der Waals surface area contributed by atoms with E-state index < -0.39 is 0 Å². The number of rotatable bonds is 11. The molecule has 0 fully saturated rings. The van der Waals surface area contributed by atoms with Gasteiger partial charge in [-0.15, -0.1) is 0 Å². The highest BCUT2D eigenvalue weighted by atomic mass is 15.0. The van der Waals surface area contributed by atoms with E-state index in [0.29, 0.717) is 0 Å². The third-order valence-corrected chi connectivity index (χ3v) is 17.4. The van der Waals surface area contributed by atoms with Crippen LogP contribution >= 0.6 is 0 Å². The van der Waals surface area contributed by atoms with E-state index in [0.717, 1.165) is 5.69 Å². The van der Waals surface area contributed by atoms with Crippen molar-refractivity contribution in [3.05, 3.63) is 340 Å². The van der Waals surface area contributed by atoms with E-state index >= 15 is 0 Å². The zero-order valence-corrected chi connectivity index (χ0v) is 47.2. The molecule has 0 aliphatic carbocycles. The summed E-state index contributed by atoms with van der Waals surface area (Å²) < 4.78 is 4.84. The first-order chi connectivity index (χ1) is 42.6. The summed E-state index contributed by atoms with van der Waals surface area (Å²) >= 11 is 0. The van der Waals surface area contributed by atoms with Gasteiger partial charge in [-0.05, 0) is 161 Å². The Kier molecular flexibility index (Phi) is 12.6. The second kappa shape index (κ2) is 21.5. The van der Waals surface area contributed by atoms with Gasteiger partial charge in [-0.25, -0.2) is 0 Å². The zero-order valence-electron chi connectivity index (χ0n) is 47.2. The molecule has 16 aromatic rings. The number of nitrogens with zero attached hydrogens (tertiary/aromatic N) is 2. The first-order valence-corrected chi connectivity index (χ1v) is 29.6. The first kappa shape index (κ1) is 50.4. The van der Waals surface area contributed by atoms with Crippen molar-refractivity contribution in [1.29, 1.82) is 0 Å². The average Bonchev–Trinajstić information content (AvgIpc) is 1.92. The molecular formula is C84H56N2. The molecule has 0 saturated carbocycles. The van der Waals surface area contributed by atoms with Crippen LogP contribution < -0.4 is 0 Å². The van der Waals surface area contributed by atoms with Gasteiger partial charge >= 0.3 is 0 Å². The SMILES string of the molecule is c1ccc(-c2ccccc2-c2ccc(-c3cccc(-c4cccc(-c5ccc(-c6ccc(-c7ccc(-n8c9ccccc9c9cc(-c%10ccc%11c(c%10)c%10ccccc%10n%11-c%10ccccc%10-c%10ccccc%10)ccc98)cc7)cc6)cc5)c4)c3)cc2)cc1. The molecule has 2 heterocycles. The molecule has 0 unspecified atom stereocenters. The summed E-state index contributed by atoms with van der Waals surface area (Å²) in [6, 6.07) is 124. The number of hydrogen-bond donors (Lipinski definition) is 0. The van der Waals surface area contributed by atoms with Crippen molar-refractivity contribution in [3.8, 4) is 112 Å². The largest absolute Gasteiger partial charge is 0.309 e. The van der Waals surface area contributed by atoms with Gasteiger partial charge in [-0.1, -0.05) is 273 Å². The molecule has 0 N–H and O–H groups in total. The summed E-state index contributed by atoms with van der Waals surface area (Å²) in [6.07, 6.45) is 0. The molecule has 2 heteroatoms. The van der Waals surface area contributed by atoms with Crippen molar-refractivity contribution >= 4 is 43.6 Å². The van der Waals surface area contributed by atoms with Crippen LogP contribution in [0.4, 0.5) is 0 Å². The van der Waals surface area contributed by atoms with E-state index in [1.165, 1.54) is 149 Å². The molecule has 14 aromatic carbocycles. The summed E-state index contributed by atoms with van der Waals surface area (Å²) in [7, 11) is 0. The normalized spacial score (nSPS) is 11.5. The highest BCUT2D eigenvalue weighted by molar-refractivity contribution is 6.13. The fourth-order valence-corrected chi connectivity index (χ4v) is 13.1. The minimum absolute atomic E-state index is 1.14. The van der Waals surface area contributed by atoms with Gasteiger partial charge in [0.15, 0.2) is 0 Å². The van der Waals surface area contributed by atoms with Gasteiger partial charge in [0, 0.05) is 32.8 Å². The quantitative estimate of drug-likeness (QED) is 0.122. The molecule has 0 spiro atoms. The third kappa shape index (κ3) is 9.09. The molecule has 0 bridgehead atoms. The standard InChI is InChI=1S/C84H56N2/c1-3-17-63(18-4-1)73-25-7-8-26-74(73)65-43-41-62(42-44-65)67-22-16-24-69(54-67)68-23-15-21-66(53-68)61-39-37-58(38-40-61)57-33-35-59(36-34-57)60-45-49-72(50-46-60)85-81-31-13-10-28-76(81)78-55-70(47-51-83(78)85)71-48-52-84-79(56-71)77-29-11-14-32-82(77)86(84)80-30-12-9-27-75(80)64-19-5-2-6-20-64/h1-56H. The number of benzene rings is 14. The summed E-state index contributed by atoms with van der Waals surface area (Å²) in [5, 5.41) is 4.96. The molecule has 0 aliphatic heterocycles. The van der Waals surface area contributed by atoms with Gasteiger partial charge in [0.05, 0.1) is 27.8 Å². The van der Waals surface area contributed by atoms with E-state index in [1.807, 2.05) is 0 Å². The molecule has 0 atom stereocenters. The van der Waals surface area contributed by atoms with Gasteiger partial charge in [-0.2, -0.15) is 0 Å². The Morgan fingerprint density at radius 1 is 0.151 bits per heavy atom. The highest BCUT2D eigenvalue weighted by Gasteiger charge is 2.19. The lowest BCUT2D eigenvalue weighted by Crippen LogP contribution is -1.97. The van der Waals surface area contributed by atoms with E-state index in [1.54, 1.807) is 0 Å². The van der Waals surface area contributed by atoms with Crippen LogP contribution in [0.25, 0.3) is 155 Å². The van der Waals surface area contributed by atoms with Crippen LogP contribution in [-0.2, 0) is 0 Å². The topological polar surface area (TPSA) is 9.86 Å². The van der Waals surface area contributed by atoms with Crippen LogP contribution in [0.2, 0.25) is 0 Å². The van der Waals surface area contributed by atoms with Crippen molar-refractivity contribution < 1.29 is 0 Å². The van der Waals surface area contributed by atoms with Crippen LogP contribution in [0.3, 0.4) is 0 Å². The van der Waals surface area contributed by atoms with Crippen molar-refractivity contribution in [3.63, 3.8) is 0 Å². The molecule has 2 nitrogen and oxygen atoms in total. The lowest BCUT2D eigenvalue weighted by molar-refractivity contribution is 1.18. The van der Waals surface area contributed by atoms with Crippen molar-refractivity contribution in [1.82, 2.24) is 9.13 Å². The Labute approximate surface area is 501 Å². The van der Waals surface area contributed by atoms with E-state index in [9.17, 15) is 0 Å². The Bertz CT molecular complexity index is 5160. The molecule has 0 radical (unpaired) electrons. The van der Waals surface area contributed by atoms with Crippen LogP contribution in [0.1, 0.15) is 0 Å². The molecular weight excluding hydrogens is 1040 g/mol. The smallest absolute Gasteiger partial charge is 0.0541 e. The van der Waals surface area contributed by atoms with Crippen LogP contribution in [0, 0.1) is 0 Å². The minimum atomic E-state index is 1.14. The molecule has 0 aliphatic rings. The number of para-hydroxylation sites is 3. The van der Waals surface area contributed by atoms with Crippen molar-refractivity contribution in [2.75, 3.05) is 0 Å². The van der Waals surface area contributed by atoms with Crippen LogP contribution in [0.5, 0.6) is 0 Å². The fourth-order valence-electron chi connectivity index (χ4n) is 13.1. The lowest BCUT2D eigenvalue weighted by atomic mass is 9.92. The van der Waals surface area contributed by atoms with Gasteiger partial charge < -0.3 is 9.13 Å². The fraction of sp³-hybridized carbons (Fsp3) is 0. The molecule has 402 valence electrons. The molecule has 0 amide bonds. The molecule has 16 rings (SSSR count). The van der Waals surface area contributed by atoms with Gasteiger partial charge in [0.1, 0.15) is 0 Å². The predicted molar refractivity (Wildman–Crippen MR) is 364 cm³/mol. The second-order valence-corrected chi connectivity index (χ2v) is 22.4. The predicted octanol–water partition coefficient (Wildman–Crippen LogP) is 22.9. The van der Waals surface area contributed by atoms with E-state index in [2.05, 4.69) is 349 Å². The third-order valence-electron chi connectivity index (χ3n) is 17.4.